The Morgan fingerprint density at radius 2 is 2.33 bits per heavy atom. The second-order valence-corrected chi connectivity index (χ2v) is 3.67. The van der Waals surface area contributed by atoms with Gasteiger partial charge in [-0.2, -0.15) is 0 Å². The maximum Gasteiger partial charge on any atom is 0.222 e. The molecule has 1 fully saturated rings. The first kappa shape index (κ1) is 9.96. The van der Waals surface area contributed by atoms with Crippen molar-refractivity contribution in [2.75, 3.05) is 13.1 Å². The fourth-order valence-electron chi connectivity index (χ4n) is 1.72. The first-order valence-corrected chi connectivity index (χ1v) is 5.12. The molecule has 4 heteroatoms. The first-order valence-electron chi connectivity index (χ1n) is 5.12. The SMILES string of the molecule is O=C(CN1CCCCC1=O)c1ccco1. The fourth-order valence-corrected chi connectivity index (χ4v) is 1.72. The van der Waals surface area contributed by atoms with Crippen molar-refractivity contribution in [3.05, 3.63) is 24.2 Å². The number of likely N-dealkylation sites (tertiary alicyclic amines) is 1. The summed E-state index contributed by atoms with van der Waals surface area (Å²) in [6.45, 7) is 0.831. The molecule has 0 saturated carbocycles. The molecule has 0 spiro atoms. The normalized spacial score (nSPS) is 16.8. The van der Waals surface area contributed by atoms with Crippen LogP contribution in [0.4, 0.5) is 0 Å². The van der Waals surface area contributed by atoms with E-state index in [0.29, 0.717) is 18.7 Å². The number of piperidine rings is 1. The Hall–Kier alpha value is -1.58. The number of hydrogen-bond donors (Lipinski definition) is 0. The van der Waals surface area contributed by atoms with Crippen LogP contribution in [0, 0.1) is 0 Å². The average molecular weight is 207 g/mol. The van der Waals surface area contributed by atoms with Crippen LogP contribution in [0.5, 0.6) is 0 Å². The molecule has 1 aliphatic rings. The van der Waals surface area contributed by atoms with Crippen LogP contribution in [-0.2, 0) is 4.79 Å². The van der Waals surface area contributed by atoms with Crippen LogP contribution in [0.15, 0.2) is 22.8 Å². The molecule has 0 aliphatic carbocycles. The van der Waals surface area contributed by atoms with Crippen molar-refractivity contribution < 1.29 is 14.0 Å². The van der Waals surface area contributed by atoms with E-state index < -0.39 is 0 Å². The molecule has 0 bridgehead atoms. The average Bonchev–Trinajstić information content (AvgIpc) is 2.74. The zero-order valence-electron chi connectivity index (χ0n) is 8.44. The molecule has 0 N–H and O–H groups in total. The first-order chi connectivity index (χ1) is 7.27. The Morgan fingerprint density at radius 3 is 3.00 bits per heavy atom. The lowest BCUT2D eigenvalue weighted by atomic mass is 10.1. The molecular weight excluding hydrogens is 194 g/mol. The number of carbonyl (C=O) groups is 2. The summed E-state index contributed by atoms with van der Waals surface area (Å²) in [6, 6.07) is 3.29. The molecule has 1 aliphatic heterocycles. The third-order valence-electron chi connectivity index (χ3n) is 2.55. The number of ketones is 1. The molecule has 2 rings (SSSR count). The van der Waals surface area contributed by atoms with Gasteiger partial charge in [0.05, 0.1) is 12.8 Å². The van der Waals surface area contributed by atoms with E-state index in [2.05, 4.69) is 0 Å². The number of furan rings is 1. The summed E-state index contributed by atoms with van der Waals surface area (Å²) in [6.07, 6.45) is 3.94. The van der Waals surface area contributed by atoms with E-state index in [1.54, 1.807) is 17.0 Å². The van der Waals surface area contributed by atoms with E-state index in [0.717, 1.165) is 12.8 Å². The number of carbonyl (C=O) groups excluding carboxylic acids is 2. The maximum atomic E-state index is 11.6. The fraction of sp³-hybridized carbons (Fsp3) is 0.455. The molecule has 0 atom stereocenters. The zero-order chi connectivity index (χ0) is 10.7. The smallest absolute Gasteiger partial charge is 0.222 e. The number of rotatable bonds is 3. The maximum absolute atomic E-state index is 11.6. The van der Waals surface area contributed by atoms with Crippen LogP contribution < -0.4 is 0 Å². The monoisotopic (exact) mass is 207 g/mol. The van der Waals surface area contributed by atoms with Gasteiger partial charge in [0.2, 0.25) is 11.7 Å². The van der Waals surface area contributed by atoms with Crippen molar-refractivity contribution in [1.82, 2.24) is 4.90 Å². The van der Waals surface area contributed by atoms with Gasteiger partial charge >= 0.3 is 0 Å². The molecule has 80 valence electrons. The Bertz CT molecular complexity index is 356. The quantitative estimate of drug-likeness (QED) is 0.705. The lowest BCUT2D eigenvalue weighted by Gasteiger charge is -2.25. The van der Waals surface area contributed by atoms with Crippen molar-refractivity contribution in [2.24, 2.45) is 0 Å². The second-order valence-electron chi connectivity index (χ2n) is 3.67. The number of nitrogens with zero attached hydrogens (tertiary/aromatic N) is 1. The second kappa shape index (κ2) is 4.29. The van der Waals surface area contributed by atoms with Crippen LogP contribution in [-0.4, -0.2) is 29.7 Å². The summed E-state index contributed by atoms with van der Waals surface area (Å²) >= 11 is 0. The van der Waals surface area contributed by atoms with Crippen LogP contribution in [0.25, 0.3) is 0 Å². The predicted octanol–water partition coefficient (Wildman–Crippen LogP) is 1.47. The number of amides is 1. The van der Waals surface area contributed by atoms with Gasteiger partial charge in [0.25, 0.3) is 0 Å². The van der Waals surface area contributed by atoms with Crippen LogP contribution in [0.3, 0.4) is 0 Å². The van der Waals surface area contributed by atoms with E-state index in [9.17, 15) is 9.59 Å². The van der Waals surface area contributed by atoms with E-state index in [-0.39, 0.29) is 18.2 Å². The number of Topliss-reactive ketones (excluding diaryl/α,β-unsaturated/α-hetero) is 1. The standard InChI is InChI=1S/C11H13NO3/c13-9(10-4-3-7-15-10)8-12-6-2-1-5-11(12)14/h3-4,7H,1-2,5-6,8H2. The van der Waals surface area contributed by atoms with Crippen LogP contribution >= 0.6 is 0 Å². The van der Waals surface area contributed by atoms with Gasteiger partial charge in [-0.25, -0.2) is 0 Å². The van der Waals surface area contributed by atoms with Crippen LogP contribution in [0.1, 0.15) is 29.8 Å². The van der Waals surface area contributed by atoms with Gasteiger partial charge in [0.15, 0.2) is 5.76 Å². The Labute approximate surface area is 87.9 Å². The minimum absolute atomic E-state index is 0.0705. The van der Waals surface area contributed by atoms with E-state index in [1.165, 1.54) is 6.26 Å². The van der Waals surface area contributed by atoms with Crippen molar-refractivity contribution in [3.8, 4) is 0 Å². The Balaban J connectivity index is 1.96. The molecule has 1 saturated heterocycles. The van der Waals surface area contributed by atoms with Gasteiger partial charge in [-0.15, -0.1) is 0 Å². The highest BCUT2D eigenvalue weighted by atomic mass is 16.3. The molecule has 4 nitrogen and oxygen atoms in total. The molecule has 0 radical (unpaired) electrons. The van der Waals surface area contributed by atoms with E-state index in [4.69, 9.17) is 4.42 Å². The zero-order valence-corrected chi connectivity index (χ0v) is 8.44. The highest BCUT2D eigenvalue weighted by Gasteiger charge is 2.21. The topological polar surface area (TPSA) is 50.5 Å². The Morgan fingerprint density at radius 1 is 1.47 bits per heavy atom. The van der Waals surface area contributed by atoms with Gasteiger partial charge in [0.1, 0.15) is 0 Å². The third-order valence-corrected chi connectivity index (χ3v) is 2.55. The van der Waals surface area contributed by atoms with Crippen molar-refractivity contribution in [2.45, 2.75) is 19.3 Å². The predicted molar refractivity (Wildman–Crippen MR) is 53.5 cm³/mol. The lowest BCUT2D eigenvalue weighted by Crippen LogP contribution is -2.38. The van der Waals surface area contributed by atoms with Crippen molar-refractivity contribution in [3.63, 3.8) is 0 Å². The Kier molecular flexibility index (Phi) is 2.85. The molecule has 1 aromatic rings. The minimum atomic E-state index is -0.129. The minimum Gasteiger partial charge on any atom is -0.461 e. The highest BCUT2D eigenvalue weighted by Crippen LogP contribution is 2.11. The summed E-state index contributed by atoms with van der Waals surface area (Å²) in [4.78, 5) is 24.7. The summed E-state index contributed by atoms with van der Waals surface area (Å²) in [7, 11) is 0. The van der Waals surface area contributed by atoms with Crippen LogP contribution in [0.2, 0.25) is 0 Å². The van der Waals surface area contributed by atoms with Crippen molar-refractivity contribution >= 4 is 11.7 Å². The summed E-state index contributed by atoms with van der Waals surface area (Å²) in [5, 5.41) is 0. The van der Waals surface area contributed by atoms with E-state index >= 15 is 0 Å². The lowest BCUT2D eigenvalue weighted by molar-refractivity contribution is -0.132. The van der Waals surface area contributed by atoms with Gasteiger partial charge in [-0.3, -0.25) is 9.59 Å². The van der Waals surface area contributed by atoms with Gasteiger partial charge < -0.3 is 9.32 Å². The molecule has 1 aromatic heterocycles. The van der Waals surface area contributed by atoms with Crippen molar-refractivity contribution in [1.29, 1.82) is 0 Å². The van der Waals surface area contributed by atoms with E-state index in [1.807, 2.05) is 0 Å². The number of hydrogen-bond acceptors (Lipinski definition) is 3. The largest absolute Gasteiger partial charge is 0.461 e. The molecule has 0 unspecified atom stereocenters. The molecule has 1 amide bonds. The summed E-state index contributed by atoms with van der Waals surface area (Å²) in [5.41, 5.74) is 0. The molecule has 2 heterocycles. The molecular formula is C11H13NO3. The summed E-state index contributed by atoms with van der Waals surface area (Å²) in [5.74, 6) is 0.268. The third kappa shape index (κ3) is 2.26. The van der Waals surface area contributed by atoms with Gasteiger partial charge in [-0.05, 0) is 25.0 Å². The van der Waals surface area contributed by atoms with Gasteiger partial charge in [0, 0.05) is 13.0 Å². The molecule has 15 heavy (non-hydrogen) atoms. The van der Waals surface area contributed by atoms with Gasteiger partial charge in [-0.1, -0.05) is 0 Å². The molecule has 0 aromatic carbocycles. The highest BCUT2D eigenvalue weighted by molar-refractivity contribution is 5.97. The summed E-state index contributed by atoms with van der Waals surface area (Å²) < 4.78 is 4.98.